The third-order valence-corrected chi connectivity index (χ3v) is 9.74. The molecule has 2 aromatic heterocycles. The molecular formula is C29H27Cl2FN2O5S. The van der Waals surface area contributed by atoms with Crippen LogP contribution in [0.15, 0.2) is 34.9 Å². The van der Waals surface area contributed by atoms with E-state index in [1.54, 1.807) is 0 Å². The predicted molar refractivity (Wildman–Crippen MR) is 150 cm³/mol. The minimum atomic E-state index is -1.21. The van der Waals surface area contributed by atoms with Crippen LogP contribution in [-0.4, -0.2) is 32.4 Å². The SMILES string of the molecule is O=C(O)c1cc(F)c2nc(C3(O)CCC(OCc4c(CCc5c(Cl)cccc5Cl)noc4C4CC4)CC3)sc2c1. The van der Waals surface area contributed by atoms with Crippen LogP contribution >= 0.6 is 34.5 Å². The standard InChI is InChI=1S/C29H27Cl2FN2O5S/c30-20-2-1-3-21(31)18(20)6-7-23-19(26(39-34-23)15-4-5-15)14-38-17-8-10-29(37,11-9-17)28-33-25-22(32)12-16(27(35)36)13-24(25)40-28/h1-3,12-13,15,17,37H,4-11,14H2,(H,35,36). The number of aliphatic hydroxyl groups is 1. The van der Waals surface area contributed by atoms with E-state index in [1.165, 1.54) is 6.07 Å². The lowest BCUT2D eigenvalue weighted by Crippen LogP contribution is -2.34. The highest BCUT2D eigenvalue weighted by molar-refractivity contribution is 7.18. The van der Waals surface area contributed by atoms with Crippen LogP contribution in [0.2, 0.25) is 10.0 Å². The van der Waals surface area contributed by atoms with Crippen LogP contribution in [-0.2, 0) is 29.8 Å². The summed E-state index contributed by atoms with van der Waals surface area (Å²) in [6, 6.07) is 7.83. The van der Waals surface area contributed by atoms with E-state index in [2.05, 4.69) is 10.1 Å². The van der Waals surface area contributed by atoms with Crippen molar-refractivity contribution in [2.24, 2.45) is 0 Å². The highest BCUT2D eigenvalue weighted by Crippen LogP contribution is 2.44. The third kappa shape index (κ3) is 5.50. The van der Waals surface area contributed by atoms with E-state index in [1.807, 2.05) is 18.2 Å². The molecule has 2 N–H and O–H groups in total. The Hall–Kier alpha value is -2.56. The first kappa shape index (κ1) is 27.6. The van der Waals surface area contributed by atoms with E-state index in [-0.39, 0.29) is 17.2 Å². The van der Waals surface area contributed by atoms with Crippen molar-refractivity contribution in [2.75, 3.05) is 0 Å². The summed E-state index contributed by atoms with van der Waals surface area (Å²) in [5.74, 6) is -0.641. The molecule has 0 spiro atoms. The molecule has 6 rings (SSSR count). The van der Waals surface area contributed by atoms with Crippen LogP contribution in [0.25, 0.3) is 10.2 Å². The van der Waals surface area contributed by atoms with Gasteiger partial charge in [-0.05, 0) is 81.2 Å². The molecule has 0 aliphatic heterocycles. The number of aromatic nitrogens is 2. The molecule has 0 radical (unpaired) electrons. The van der Waals surface area contributed by atoms with E-state index in [0.29, 0.717) is 70.8 Å². The Morgan fingerprint density at radius 2 is 1.85 bits per heavy atom. The second-order valence-corrected chi connectivity index (χ2v) is 12.5. The van der Waals surface area contributed by atoms with Gasteiger partial charge in [-0.3, -0.25) is 0 Å². The van der Waals surface area contributed by atoms with Crippen molar-refractivity contribution in [1.82, 2.24) is 10.1 Å². The van der Waals surface area contributed by atoms with Crippen LogP contribution in [0, 0.1) is 5.82 Å². The first-order valence-electron chi connectivity index (χ1n) is 13.3. The van der Waals surface area contributed by atoms with Gasteiger partial charge in [0, 0.05) is 21.5 Å². The third-order valence-electron chi connectivity index (χ3n) is 7.84. The van der Waals surface area contributed by atoms with E-state index in [0.717, 1.165) is 52.8 Å². The van der Waals surface area contributed by atoms with E-state index < -0.39 is 17.4 Å². The topological polar surface area (TPSA) is 106 Å². The Labute approximate surface area is 243 Å². The fraction of sp³-hybridized carbons (Fsp3) is 0.414. The lowest BCUT2D eigenvalue weighted by Gasteiger charge is -2.34. The summed E-state index contributed by atoms with van der Waals surface area (Å²) in [6.07, 6.45) is 5.35. The number of fused-ring (bicyclic) bond motifs is 1. The first-order chi connectivity index (χ1) is 19.2. The Balaban J connectivity index is 1.12. The lowest BCUT2D eigenvalue weighted by molar-refractivity contribution is -0.0642. The van der Waals surface area contributed by atoms with Gasteiger partial charge in [0.05, 0.1) is 28.7 Å². The summed E-state index contributed by atoms with van der Waals surface area (Å²) in [6.45, 7) is 0.369. The average Bonchev–Trinajstić information content (AvgIpc) is 3.53. The van der Waals surface area contributed by atoms with Crippen LogP contribution < -0.4 is 0 Å². The molecule has 2 aliphatic rings. The molecule has 0 bridgehead atoms. The summed E-state index contributed by atoms with van der Waals surface area (Å²) in [5.41, 5.74) is 1.45. The number of hydrogen-bond donors (Lipinski definition) is 2. The number of nitrogens with zero attached hydrogens (tertiary/aromatic N) is 2. The molecule has 40 heavy (non-hydrogen) atoms. The fourth-order valence-electron chi connectivity index (χ4n) is 5.35. The quantitative estimate of drug-likeness (QED) is 0.204. The molecule has 0 amide bonds. The Bertz CT molecular complexity index is 1560. The van der Waals surface area contributed by atoms with Gasteiger partial charge in [0.2, 0.25) is 0 Å². The zero-order chi connectivity index (χ0) is 28.0. The maximum Gasteiger partial charge on any atom is 0.335 e. The second-order valence-electron chi connectivity index (χ2n) is 10.6. The number of halogens is 3. The molecule has 2 heterocycles. The van der Waals surface area contributed by atoms with E-state index >= 15 is 0 Å². The first-order valence-corrected chi connectivity index (χ1v) is 14.9. The van der Waals surface area contributed by atoms with Crippen molar-refractivity contribution in [3.8, 4) is 0 Å². The minimum absolute atomic E-state index is 0.0715. The summed E-state index contributed by atoms with van der Waals surface area (Å²) < 4.78 is 27.0. The number of ether oxygens (including phenoxy) is 1. The number of benzene rings is 2. The van der Waals surface area contributed by atoms with E-state index in [9.17, 15) is 19.4 Å². The predicted octanol–water partition coefficient (Wildman–Crippen LogP) is 7.44. The zero-order valence-electron chi connectivity index (χ0n) is 21.5. The number of carbonyl (C=O) groups is 1. The molecule has 0 atom stereocenters. The van der Waals surface area contributed by atoms with Crippen molar-refractivity contribution in [1.29, 1.82) is 0 Å². The van der Waals surface area contributed by atoms with E-state index in [4.69, 9.17) is 32.5 Å². The number of aromatic carboxylic acids is 1. The van der Waals surface area contributed by atoms with Crippen molar-refractivity contribution < 1.29 is 28.7 Å². The van der Waals surface area contributed by atoms with Gasteiger partial charge >= 0.3 is 5.97 Å². The van der Waals surface area contributed by atoms with Crippen LogP contribution in [0.4, 0.5) is 4.39 Å². The van der Waals surface area contributed by atoms with Crippen LogP contribution in [0.5, 0.6) is 0 Å². The fourth-order valence-corrected chi connectivity index (χ4v) is 7.10. The summed E-state index contributed by atoms with van der Waals surface area (Å²) in [4.78, 5) is 15.6. The highest BCUT2D eigenvalue weighted by Gasteiger charge is 2.39. The smallest absolute Gasteiger partial charge is 0.335 e. The molecule has 0 unspecified atom stereocenters. The Morgan fingerprint density at radius 1 is 1.12 bits per heavy atom. The van der Waals surface area contributed by atoms with Gasteiger partial charge in [-0.2, -0.15) is 0 Å². The lowest BCUT2D eigenvalue weighted by atomic mass is 9.83. The van der Waals surface area contributed by atoms with Gasteiger partial charge in [-0.15, -0.1) is 11.3 Å². The molecule has 210 valence electrons. The Morgan fingerprint density at radius 3 is 2.52 bits per heavy atom. The number of aryl methyl sites for hydroxylation is 1. The monoisotopic (exact) mass is 604 g/mol. The van der Waals surface area contributed by atoms with Crippen molar-refractivity contribution in [3.05, 3.63) is 79.3 Å². The molecule has 2 fully saturated rings. The largest absolute Gasteiger partial charge is 0.478 e. The van der Waals surface area contributed by atoms with Crippen LogP contribution in [0.1, 0.15) is 82.4 Å². The molecule has 2 saturated carbocycles. The average molecular weight is 606 g/mol. The number of hydrogen-bond acceptors (Lipinski definition) is 7. The number of rotatable bonds is 9. The molecule has 7 nitrogen and oxygen atoms in total. The molecule has 2 aliphatic carbocycles. The van der Waals surface area contributed by atoms with Gasteiger partial charge in [-0.1, -0.05) is 34.4 Å². The van der Waals surface area contributed by atoms with Gasteiger partial charge in [-0.25, -0.2) is 14.2 Å². The number of carboxylic acids is 1. The molecule has 4 aromatic rings. The van der Waals surface area contributed by atoms with Crippen LogP contribution in [0.3, 0.4) is 0 Å². The van der Waals surface area contributed by atoms with Gasteiger partial charge < -0.3 is 19.5 Å². The molecular weight excluding hydrogens is 578 g/mol. The molecule has 0 saturated heterocycles. The molecule has 11 heteroatoms. The van der Waals surface area contributed by atoms with Crippen molar-refractivity contribution >= 4 is 50.7 Å². The van der Waals surface area contributed by atoms with Crippen molar-refractivity contribution in [2.45, 2.75) is 75.6 Å². The second kappa shape index (κ2) is 11.0. The normalized spacial score (nSPS) is 21.2. The van der Waals surface area contributed by atoms with Crippen molar-refractivity contribution in [3.63, 3.8) is 0 Å². The summed E-state index contributed by atoms with van der Waals surface area (Å²) in [5, 5.41) is 26.6. The summed E-state index contributed by atoms with van der Waals surface area (Å²) >= 11 is 13.9. The highest BCUT2D eigenvalue weighted by atomic mass is 35.5. The number of thiazole rings is 1. The van der Waals surface area contributed by atoms with Gasteiger partial charge in [0.15, 0.2) is 5.82 Å². The Kier molecular flexibility index (Phi) is 7.61. The maximum atomic E-state index is 14.5. The minimum Gasteiger partial charge on any atom is -0.478 e. The number of carboxylic acid groups (broad SMARTS) is 1. The van der Waals surface area contributed by atoms with Gasteiger partial charge in [0.1, 0.15) is 21.9 Å². The maximum absolute atomic E-state index is 14.5. The molecule has 2 aromatic carbocycles. The zero-order valence-corrected chi connectivity index (χ0v) is 23.8. The summed E-state index contributed by atoms with van der Waals surface area (Å²) in [7, 11) is 0. The van der Waals surface area contributed by atoms with Gasteiger partial charge in [0.25, 0.3) is 0 Å².